The molecule has 11 heteroatoms. The van der Waals surface area contributed by atoms with Gasteiger partial charge < -0.3 is 15.1 Å². The minimum Gasteiger partial charge on any atom is -0.414 e. The quantitative estimate of drug-likeness (QED) is 0.435. The smallest absolute Gasteiger partial charge is 0.266 e. The Morgan fingerprint density at radius 1 is 1.14 bits per heavy atom. The second-order valence-electron chi connectivity index (χ2n) is 8.48. The van der Waals surface area contributed by atoms with E-state index in [2.05, 4.69) is 15.2 Å². The van der Waals surface area contributed by atoms with Crippen molar-refractivity contribution in [2.24, 2.45) is 5.73 Å². The van der Waals surface area contributed by atoms with Crippen molar-refractivity contribution in [2.75, 3.05) is 17.2 Å². The molecule has 2 aromatic heterocycles. The molecule has 1 atom stereocenters. The Morgan fingerprint density at radius 2 is 1.89 bits per heavy atom. The molecule has 0 bridgehead atoms. The lowest BCUT2D eigenvalue weighted by Gasteiger charge is -2.26. The number of pyridine rings is 1. The number of hydrogen-bond acceptors (Lipinski definition) is 8. The van der Waals surface area contributed by atoms with Gasteiger partial charge in [0.15, 0.2) is 9.84 Å². The van der Waals surface area contributed by atoms with E-state index in [-0.39, 0.29) is 34.5 Å². The van der Waals surface area contributed by atoms with Crippen molar-refractivity contribution in [1.82, 2.24) is 15.2 Å². The molecule has 8 nitrogen and oxygen atoms in total. The SMILES string of the molecule is Cc1ccc(-c2nnc(-c3cc4c(cc3F)S(=O)(=O)C[C@H](N)CN4Cc3ccc(Cl)cc3)o2)nc1. The van der Waals surface area contributed by atoms with Crippen LogP contribution in [0.15, 0.2) is 64.0 Å². The number of aromatic nitrogens is 3. The lowest BCUT2D eigenvalue weighted by Crippen LogP contribution is -2.39. The summed E-state index contributed by atoms with van der Waals surface area (Å²) in [5.74, 6) is -1.04. The maximum atomic E-state index is 15.2. The van der Waals surface area contributed by atoms with Crippen LogP contribution in [0.4, 0.5) is 10.1 Å². The minimum atomic E-state index is -3.83. The van der Waals surface area contributed by atoms with Crippen molar-refractivity contribution in [3.05, 3.63) is 76.7 Å². The molecule has 3 heterocycles. The summed E-state index contributed by atoms with van der Waals surface area (Å²) < 4.78 is 47.0. The largest absolute Gasteiger partial charge is 0.414 e. The fourth-order valence-corrected chi connectivity index (χ4v) is 5.76. The van der Waals surface area contributed by atoms with Crippen LogP contribution in [0.3, 0.4) is 0 Å². The zero-order valence-electron chi connectivity index (χ0n) is 18.6. The first kappa shape index (κ1) is 23.4. The number of nitrogens with two attached hydrogens (primary N) is 1. The van der Waals surface area contributed by atoms with Gasteiger partial charge >= 0.3 is 0 Å². The first-order valence-electron chi connectivity index (χ1n) is 10.8. The molecule has 4 aromatic rings. The van der Waals surface area contributed by atoms with E-state index >= 15 is 4.39 Å². The van der Waals surface area contributed by atoms with Crippen molar-refractivity contribution in [3.8, 4) is 23.0 Å². The Labute approximate surface area is 206 Å². The van der Waals surface area contributed by atoms with Crippen molar-refractivity contribution < 1.29 is 17.2 Å². The van der Waals surface area contributed by atoms with Crippen LogP contribution in [0.5, 0.6) is 0 Å². The molecular formula is C24H21ClFN5O3S. The van der Waals surface area contributed by atoms with Gasteiger partial charge in [-0.05, 0) is 48.4 Å². The van der Waals surface area contributed by atoms with Crippen LogP contribution in [0.1, 0.15) is 11.1 Å². The summed E-state index contributed by atoms with van der Waals surface area (Å²) in [6.07, 6.45) is 1.66. The molecule has 1 aliphatic rings. The van der Waals surface area contributed by atoms with E-state index in [1.54, 1.807) is 24.4 Å². The molecule has 0 aliphatic carbocycles. The Morgan fingerprint density at radius 3 is 2.60 bits per heavy atom. The van der Waals surface area contributed by atoms with Crippen molar-refractivity contribution in [1.29, 1.82) is 0 Å². The molecule has 0 radical (unpaired) electrons. The summed E-state index contributed by atoms with van der Waals surface area (Å²) in [4.78, 5) is 5.94. The predicted molar refractivity (Wildman–Crippen MR) is 130 cm³/mol. The van der Waals surface area contributed by atoms with E-state index in [4.69, 9.17) is 21.8 Å². The van der Waals surface area contributed by atoms with Gasteiger partial charge in [0.05, 0.1) is 21.9 Å². The van der Waals surface area contributed by atoms with E-state index in [1.807, 2.05) is 30.0 Å². The summed E-state index contributed by atoms with van der Waals surface area (Å²) >= 11 is 6.00. The highest BCUT2D eigenvalue weighted by molar-refractivity contribution is 7.91. The van der Waals surface area contributed by atoms with Gasteiger partial charge in [-0.25, -0.2) is 12.8 Å². The standard InChI is InChI=1S/C24H21ClFN5O3S/c1-14-2-7-20(28-10-14)24-30-29-23(34-24)18-8-21-22(9-19(18)26)35(32,33)13-17(27)12-31(21)11-15-3-5-16(25)6-4-15/h2-10,17H,11-13,27H2,1H3/t17-/m1/s1. The number of fused-ring (bicyclic) bond motifs is 1. The number of sulfone groups is 1. The molecular weight excluding hydrogens is 493 g/mol. The Bertz CT molecular complexity index is 1490. The number of nitrogens with zero attached hydrogens (tertiary/aromatic N) is 4. The fraction of sp³-hybridized carbons (Fsp3) is 0.208. The maximum absolute atomic E-state index is 15.2. The third-order valence-corrected chi connectivity index (χ3v) is 7.80. The molecule has 35 heavy (non-hydrogen) atoms. The van der Waals surface area contributed by atoms with E-state index in [0.29, 0.717) is 22.9 Å². The van der Waals surface area contributed by atoms with E-state index in [0.717, 1.165) is 17.2 Å². The lowest BCUT2D eigenvalue weighted by molar-refractivity contribution is 0.566. The number of anilines is 1. The molecule has 0 amide bonds. The summed E-state index contributed by atoms with van der Waals surface area (Å²) in [5, 5.41) is 8.56. The maximum Gasteiger partial charge on any atom is 0.266 e. The molecule has 0 fully saturated rings. The van der Waals surface area contributed by atoms with E-state index in [1.165, 1.54) is 6.07 Å². The van der Waals surface area contributed by atoms with Crippen LogP contribution in [0.2, 0.25) is 5.02 Å². The third kappa shape index (κ3) is 4.77. The predicted octanol–water partition coefficient (Wildman–Crippen LogP) is 4.02. The van der Waals surface area contributed by atoms with Gasteiger partial charge in [0.25, 0.3) is 11.8 Å². The van der Waals surface area contributed by atoms with Crippen LogP contribution in [-0.4, -0.2) is 41.9 Å². The average molecular weight is 514 g/mol. The van der Waals surface area contributed by atoms with Gasteiger partial charge in [-0.3, -0.25) is 4.98 Å². The number of hydrogen-bond donors (Lipinski definition) is 1. The highest BCUT2D eigenvalue weighted by Crippen LogP contribution is 2.37. The second kappa shape index (κ2) is 9.03. The summed E-state index contributed by atoms with van der Waals surface area (Å²) in [7, 11) is -3.83. The Hall–Kier alpha value is -3.34. The van der Waals surface area contributed by atoms with Crippen molar-refractivity contribution in [3.63, 3.8) is 0 Å². The van der Waals surface area contributed by atoms with Crippen LogP contribution in [0.25, 0.3) is 23.0 Å². The number of halogens is 2. The molecule has 0 spiro atoms. The van der Waals surface area contributed by atoms with E-state index in [9.17, 15) is 8.42 Å². The van der Waals surface area contributed by atoms with Gasteiger partial charge in [0.2, 0.25) is 0 Å². The van der Waals surface area contributed by atoms with Crippen LogP contribution in [-0.2, 0) is 16.4 Å². The van der Waals surface area contributed by atoms with Gasteiger partial charge in [0.1, 0.15) is 11.5 Å². The summed E-state index contributed by atoms with van der Waals surface area (Å²) in [5.41, 5.74) is 8.75. The Kier molecular flexibility index (Phi) is 6.04. The van der Waals surface area contributed by atoms with Gasteiger partial charge in [-0.1, -0.05) is 29.8 Å². The fourth-order valence-electron chi connectivity index (χ4n) is 4.00. The molecule has 0 unspecified atom stereocenters. The molecule has 2 aromatic carbocycles. The van der Waals surface area contributed by atoms with Crippen LogP contribution in [0, 0.1) is 12.7 Å². The molecule has 2 N–H and O–H groups in total. The molecule has 0 saturated carbocycles. The molecule has 1 aliphatic heterocycles. The van der Waals surface area contributed by atoms with Crippen molar-refractivity contribution >= 4 is 27.1 Å². The summed E-state index contributed by atoms with van der Waals surface area (Å²) in [6, 6.07) is 12.5. The lowest BCUT2D eigenvalue weighted by atomic mass is 10.1. The average Bonchev–Trinajstić information content (AvgIpc) is 3.27. The molecule has 5 rings (SSSR count). The zero-order valence-corrected chi connectivity index (χ0v) is 20.2. The summed E-state index contributed by atoms with van der Waals surface area (Å²) in [6.45, 7) is 2.50. The Balaban J connectivity index is 1.59. The van der Waals surface area contributed by atoms with Crippen LogP contribution < -0.4 is 10.6 Å². The van der Waals surface area contributed by atoms with Crippen molar-refractivity contribution in [2.45, 2.75) is 24.4 Å². The first-order chi connectivity index (χ1) is 16.7. The highest BCUT2D eigenvalue weighted by atomic mass is 35.5. The van der Waals surface area contributed by atoms with E-state index < -0.39 is 21.7 Å². The topological polar surface area (TPSA) is 115 Å². The normalized spacial score (nSPS) is 17.1. The first-order valence-corrected chi connectivity index (χ1v) is 12.8. The van der Waals surface area contributed by atoms with Gasteiger partial charge in [0, 0.05) is 30.4 Å². The van der Waals surface area contributed by atoms with Gasteiger partial charge in [-0.2, -0.15) is 0 Å². The molecule has 180 valence electrons. The number of aryl methyl sites for hydroxylation is 1. The van der Waals surface area contributed by atoms with Crippen LogP contribution >= 0.6 is 11.6 Å². The second-order valence-corrected chi connectivity index (χ2v) is 10.9. The zero-order chi connectivity index (χ0) is 24.7. The molecule has 0 saturated heterocycles. The number of rotatable bonds is 4. The monoisotopic (exact) mass is 513 g/mol. The van der Waals surface area contributed by atoms with Gasteiger partial charge in [-0.15, -0.1) is 10.2 Å². The minimum absolute atomic E-state index is 0.0126. The number of benzene rings is 2. The third-order valence-electron chi connectivity index (χ3n) is 5.69. The highest BCUT2D eigenvalue weighted by Gasteiger charge is 2.32.